The van der Waals surface area contributed by atoms with Crippen molar-refractivity contribution in [3.05, 3.63) is 34.9 Å². The number of oxime groups is 1. The third-order valence-corrected chi connectivity index (χ3v) is 2.84. The molecule has 19 heavy (non-hydrogen) atoms. The highest BCUT2D eigenvalue weighted by molar-refractivity contribution is 6.30. The lowest BCUT2D eigenvalue weighted by Gasteiger charge is -2.02. The van der Waals surface area contributed by atoms with Crippen LogP contribution in [0.4, 0.5) is 0 Å². The molecule has 0 aliphatic carbocycles. The number of nitrogens with zero attached hydrogens (tertiary/aromatic N) is 1. The second-order valence-corrected chi connectivity index (χ2v) is 4.66. The fraction of sp³-hybridized carbons (Fsp3) is 0.429. The van der Waals surface area contributed by atoms with E-state index in [-0.39, 0.29) is 6.42 Å². The van der Waals surface area contributed by atoms with E-state index in [0.29, 0.717) is 18.1 Å². The highest BCUT2D eigenvalue weighted by atomic mass is 35.5. The molecule has 0 fully saturated rings. The zero-order valence-corrected chi connectivity index (χ0v) is 11.7. The van der Waals surface area contributed by atoms with Gasteiger partial charge in [0.1, 0.15) is 6.61 Å². The normalized spacial score (nSPS) is 11.4. The molecule has 1 N–H and O–H groups in total. The van der Waals surface area contributed by atoms with Gasteiger partial charge in [0.2, 0.25) is 0 Å². The maximum Gasteiger partial charge on any atom is 0.303 e. The van der Waals surface area contributed by atoms with Crippen LogP contribution in [0.2, 0.25) is 5.02 Å². The Morgan fingerprint density at radius 1 is 1.26 bits per heavy atom. The molecule has 4 nitrogen and oxygen atoms in total. The number of carboxylic acid groups (broad SMARTS) is 1. The van der Waals surface area contributed by atoms with Crippen molar-refractivity contribution in [2.45, 2.75) is 32.6 Å². The minimum atomic E-state index is -0.752. The van der Waals surface area contributed by atoms with Gasteiger partial charge in [-0.2, -0.15) is 0 Å². The molecule has 0 saturated heterocycles. The summed E-state index contributed by atoms with van der Waals surface area (Å²) in [6.07, 6.45) is 2.54. The smallest absolute Gasteiger partial charge is 0.303 e. The van der Waals surface area contributed by atoms with Gasteiger partial charge in [-0.1, -0.05) is 28.9 Å². The molecular weight excluding hydrogens is 266 g/mol. The molecule has 5 heteroatoms. The molecule has 104 valence electrons. The summed E-state index contributed by atoms with van der Waals surface area (Å²) in [4.78, 5) is 15.5. The molecule has 0 spiro atoms. The second-order valence-electron chi connectivity index (χ2n) is 4.22. The first-order chi connectivity index (χ1) is 9.09. The van der Waals surface area contributed by atoms with E-state index in [1.807, 2.05) is 31.2 Å². The molecule has 0 aromatic heterocycles. The van der Waals surface area contributed by atoms with Crippen molar-refractivity contribution >= 4 is 23.3 Å². The molecule has 0 aliphatic heterocycles. The Kier molecular flexibility index (Phi) is 6.97. The van der Waals surface area contributed by atoms with Gasteiger partial charge in [0.15, 0.2) is 0 Å². The SMILES string of the molecule is C/C(=N/OCCCCCC(=O)O)c1ccc(Cl)cc1. The highest BCUT2D eigenvalue weighted by Crippen LogP contribution is 2.10. The largest absolute Gasteiger partial charge is 0.481 e. The molecule has 0 aliphatic rings. The van der Waals surface area contributed by atoms with Crippen LogP contribution in [0.1, 0.15) is 38.2 Å². The van der Waals surface area contributed by atoms with Crippen LogP contribution in [0, 0.1) is 0 Å². The number of aliphatic carboxylic acids is 1. The number of hydrogen-bond acceptors (Lipinski definition) is 3. The van der Waals surface area contributed by atoms with Gasteiger partial charge in [0, 0.05) is 11.4 Å². The Labute approximate surface area is 118 Å². The third kappa shape index (κ3) is 6.82. The van der Waals surface area contributed by atoms with Gasteiger partial charge in [-0.05, 0) is 43.9 Å². The molecule has 1 rings (SSSR count). The van der Waals surface area contributed by atoms with Gasteiger partial charge < -0.3 is 9.94 Å². The van der Waals surface area contributed by atoms with Gasteiger partial charge in [-0.25, -0.2) is 0 Å². The number of halogens is 1. The highest BCUT2D eigenvalue weighted by Gasteiger charge is 1.99. The molecule has 0 saturated carbocycles. The lowest BCUT2D eigenvalue weighted by molar-refractivity contribution is -0.137. The molecule has 0 bridgehead atoms. The number of unbranched alkanes of at least 4 members (excludes halogenated alkanes) is 2. The minimum absolute atomic E-state index is 0.215. The van der Waals surface area contributed by atoms with Crippen LogP contribution in [-0.4, -0.2) is 23.4 Å². The summed E-state index contributed by atoms with van der Waals surface area (Å²) >= 11 is 5.80. The minimum Gasteiger partial charge on any atom is -0.481 e. The zero-order chi connectivity index (χ0) is 14.1. The van der Waals surface area contributed by atoms with Gasteiger partial charge in [0.05, 0.1) is 5.71 Å². The van der Waals surface area contributed by atoms with Crippen LogP contribution < -0.4 is 0 Å². The number of rotatable bonds is 8. The lowest BCUT2D eigenvalue weighted by atomic mass is 10.1. The summed E-state index contributed by atoms with van der Waals surface area (Å²) in [5.74, 6) is -0.752. The Balaban J connectivity index is 2.21. The molecule has 0 radical (unpaired) electrons. The molecule has 0 amide bonds. The molecule has 0 heterocycles. The van der Waals surface area contributed by atoms with Crippen molar-refractivity contribution in [3.63, 3.8) is 0 Å². The topological polar surface area (TPSA) is 58.9 Å². The van der Waals surface area contributed by atoms with E-state index >= 15 is 0 Å². The standard InChI is InChI=1S/C14H18ClNO3/c1-11(12-6-8-13(15)9-7-12)16-19-10-4-2-3-5-14(17)18/h6-9H,2-5,10H2,1H3,(H,17,18)/b16-11-. The van der Waals surface area contributed by atoms with Crippen LogP contribution in [0.25, 0.3) is 0 Å². The van der Waals surface area contributed by atoms with Crippen LogP contribution >= 0.6 is 11.6 Å². The first kappa shape index (κ1) is 15.5. The fourth-order valence-electron chi connectivity index (χ4n) is 1.51. The Hall–Kier alpha value is -1.55. The van der Waals surface area contributed by atoms with Crippen LogP contribution in [-0.2, 0) is 9.63 Å². The maximum atomic E-state index is 10.3. The van der Waals surface area contributed by atoms with E-state index in [4.69, 9.17) is 21.5 Å². The van der Waals surface area contributed by atoms with Crippen molar-refractivity contribution < 1.29 is 14.7 Å². The predicted molar refractivity (Wildman–Crippen MR) is 75.7 cm³/mol. The van der Waals surface area contributed by atoms with Crippen LogP contribution in [0.3, 0.4) is 0 Å². The van der Waals surface area contributed by atoms with E-state index in [2.05, 4.69) is 5.16 Å². The first-order valence-electron chi connectivity index (χ1n) is 6.24. The van der Waals surface area contributed by atoms with E-state index in [0.717, 1.165) is 24.1 Å². The average molecular weight is 284 g/mol. The number of benzene rings is 1. The number of carbonyl (C=O) groups is 1. The predicted octanol–water partition coefficient (Wildman–Crippen LogP) is 3.73. The molecule has 1 aromatic rings. The summed E-state index contributed by atoms with van der Waals surface area (Å²) in [7, 11) is 0. The van der Waals surface area contributed by atoms with Crippen LogP contribution in [0.15, 0.2) is 29.4 Å². The van der Waals surface area contributed by atoms with E-state index in [9.17, 15) is 4.79 Å². The maximum absolute atomic E-state index is 10.3. The van der Waals surface area contributed by atoms with Crippen molar-refractivity contribution in [2.75, 3.05) is 6.61 Å². The Morgan fingerprint density at radius 2 is 1.95 bits per heavy atom. The number of carboxylic acids is 1. The Morgan fingerprint density at radius 3 is 2.58 bits per heavy atom. The fourth-order valence-corrected chi connectivity index (χ4v) is 1.63. The molecule has 1 aromatic carbocycles. The van der Waals surface area contributed by atoms with Gasteiger partial charge >= 0.3 is 5.97 Å². The molecule has 0 atom stereocenters. The number of hydrogen-bond donors (Lipinski definition) is 1. The summed E-state index contributed by atoms with van der Waals surface area (Å²) in [6.45, 7) is 2.37. The first-order valence-corrected chi connectivity index (χ1v) is 6.61. The van der Waals surface area contributed by atoms with Crippen molar-refractivity contribution in [2.24, 2.45) is 5.16 Å². The van der Waals surface area contributed by atoms with Crippen LogP contribution in [0.5, 0.6) is 0 Å². The zero-order valence-electron chi connectivity index (χ0n) is 10.9. The van der Waals surface area contributed by atoms with Gasteiger partial charge in [-0.3, -0.25) is 4.79 Å². The van der Waals surface area contributed by atoms with E-state index < -0.39 is 5.97 Å². The molecular formula is C14H18ClNO3. The summed E-state index contributed by atoms with van der Waals surface area (Å²) in [6, 6.07) is 7.39. The monoisotopic (exact) mass is 283 g/mol. The second kappa shape index (κ2) is 8.53. The quantitative estimate of drug-likeness (QED) is 0.449. The van der Waals surface area contributed by atoms with E-state index in [1.54, 1.807) is 0 Å². The Bertz CT molecular complexity index is 429. The van der Waals surface area contributed by atoms with Crippen molar-refractivity contribution in [1.29, 1.82) is 0 Å². The van der Waals surface area contributed by atoms with Crippen molar-refractivity contribution in [1.82, 2.24) is 0 Å². The average Bonchev–Trinajstić information content (AvgIpc) is 2.38. The lowest BCUT2D eigenvalue weighted by Crippen LogP contribution is -1.98. The van der Waals surface area contributed by atoms with Crippen molar-refractivity contribution in [3.8, 4) is 0 Å². The van der Waals surface area contributed by atoms with Gasteiger partial charge in [0.25, 0.3) is 0 Å². The third-order valence-electron chi connectivity index (χ3n) is 2.59. The summed E-state index contributed by atoms with van der Waals surface area (Å²) in [5, 5.41) is 13.2. The van der Waals surface area contributed by atoms with Gasteiger partial charge in [-0.15, -0.1) is 0 Å². The summed E-state index contributed by atoms with van der Waals surface area (Å²) in [5.41, 5.74) is 1.76. The summed E-state index contributed by atoms with van der Waals surface area (Å²) < 4.78 is 0. The molecule has 0 unspecified atom stereocenters. The van der Waals surface area contributed by atoms with E-state index in [1.165, 1.54) is 0 Å².